The van der Waals surface area contributed by atoms with Gasteiger partial charge in [0.15, 0.2) is 0 Å². The fraction of sp³-hybridized carbons (Fsp3) is 0.379. The van der Waals surface area contributed by atoms with Crippen molar-refractivity contribution >= 4 is 22.6 Å². The van der Waals surface area contributed by atoms with Crippen molar-refractivity contribution in [3.63, 3.8) is 0 Å². The molecule has 1 unspecified atom stereocenters. The minimum absolute atomic E-state index is 0.0748. The highest BCUT2D eigenvalue weighted by Gasteiger charge is 2.31. The topological polar surface area (TPSA) is 111 Å². The molecule has 36 heavy (non-hydrogen) atoms. The van der Waals surface area contributed by atoms with Crippen molar-refractivity contribution < 1.29 is 14.3 Å². The van der Waals surface area contributed by atoms with Crippen LogP contribution in [0, 0.1) is 0 Å². The lowest BCUT2D eigenvalue weighted by Gasteiger charge is -2.34. The molecule has 1 aliphatic rings. The summed E-state index contributed by atoms with van der Waals surface area (Å²) in [5.74, 6) is -0.0778. The second-order valence-corrected chi connectivity index (χ2v) is 9.45. The second-order valence-electron chi connectivity index (χ2n) is 9.45. The number of amides is 2. The van der Waals surface area contributed by atoms with Crippen LogP contribution in [0.4, 0.5) is 0 Å². The van der Waals surface area contributed by atoms with E-state index in [4.69, 9.17) is 16.2 Å². The van der Waals surface area contributed by atoms with E-state index in [-0.39, 0.29) is 18.4 Å². The van der Waals surface area contributed by atoms with Gasteiger partial charge in [-0.25, -0.2) is 0 Å². The lowest BCUT2D eigenvalue weighted by atomic mass is 9.89. The third kappa shape index (κ3) is 6.69. The molecule has 0 radical (unpaired) electrons. The molecule has 3 aromatic carbocycles. The van der Waals surface area contributed by atoms with Crippen LogP contribution in [-0.2, 0) is 20.9 Å². The van der Waals surface area contributed by atoms with Crippen molar-refractivity contribution in [2.75, 3.05) is 26.2 Å². The quantitative estimate of drug-likeness (QED) is 0.406. The number of likely N-dealkylation sites (tertiary alicyclic amines) is 1. The molecule has 1 heterocycles. The van der Waals surface area contributed by atoms with Gasteiger partial charge < -0.3 is 26.4 Å². The van der Waals surface area contributed by atoms with E-state index in [2.05, 4.69) is 53.8 Å². The molecular weight excluding hydrogens is 452 g/mol. The number of nitrogens with zero attached hydrogens (tertiary/aromatic N) is 1. The van der Waals surface area contributed by atoms with Crippen LogP contribution in [0.2, 0.25) is 0 Å². The number of nitrogens with one attached hydrogen (secondary N) is 1. The van der Waals surface area contributed by atoms with Crippen LogP contribution in [0.3, 0.4) is 0 Å². The zero-order valence-electron chi connectivity index (χ0n) is 20.6. The van der Waals surface area contributed by atoms with Crippen LogP contribution in [0.1, 0.15) is 36.3 Å². The van der Waals surface area contributed by atoms with Crippen molar-refractivity contribution in [3.05, 3.63) is 83.9 Å². The van der Waals surface area contributed by atoms with Crippen LogP contribution in [-0.4, -0.2) is 55.0 Å². The number of ether oxygens (including phenoxy) is 1. The van der Waals surface area contributed by atoms with Crippen LogP contribution >= 0.6 is 0 Å². The van der Waals surface area contributed by atoms with Gasteiger partial charge in [-0.2, -0.15) is 0 Å². The summed E-state index contributed by atoms with van der Waals surface area (Å²) in [6.45, 7) is 2.01. The number of hydrogen-bond acceptors (Lipinski definition) is 5. The lowest BCUT2D eigenvalue weighted by Crippen LogP contribution is -2.55. The van der Waals surface area contributed by atoms with Crippen molar-refractivity contribution in [1.29, 1.82) is 0 Å². The molecule has 7 nitrogen and oxygen atoms in total. The van der Waals surface area contributed by atoms with E-state index < -0.39 is 12.1 Å². The Morgan fingerprint density at radius 3 is 2.39 bits per heavy atom. The van der Waals surface area contributed by atoms with Crippen molar-refractivity contribution in [3.8, 4) is 0 Å². The normalized spacial score (nSPS) is 16.0. The molecule has 2 atom stereocenters. The summed E-state index contributed by atoms with van der Waals surface area (Å²) in [6, 6.07) is 23.1. The maximum absolute atomic E-state index is 13.4. The number of fused-ring (bicyclic) bond motifs is 1. The van der Waals surface area contributed by atoms with E-state index in [0.717, 1.165) is 29.2 Å². The van der Waals surface area contributed by atoms with E-state index in [1.54, 1.807) is 0 Å². The molecule has 7 heteroatoms. The molecule has 0 saturated carbocycles. The van der Waals surface area contributed by atoms with Gasteiger partial charge in [0.2, 0.25) is 11.8 Å². The molecule has 0 aromatic heterocycles. The van der Waals surface area contributed by atoms with Gasteiger partial charge in [-0.05, 0) is 59.7 Å². The second kappa shape index (κ2) is 12.6. The smallest absolute Gasteiger partial charge is 0.247 e. The van der Waals surface area contributed by atoms with Gasteiger partial charge in [-0.1, -0.05) is 66.7 Å². The first-order valence-electron chi connectivity index (χ1n) is 12.7. The van der Waals surface area contributed by atoms with Gasteiger partial charge >= 0.3 is 0 Å². The Bertz CT molecular complexity index is 1150. The van der Waals surface area contributed by atoms with Crippen molar-refractivity contribution in [2.45, 2.75) is 43.9 Å². The van der Waals surface area contributed by atoms with Crippen molar-refractivity contribution in [1.82, 2.24) is 10.2 Å². The summed E-state index contributed by atoms with van der Waals surface area (Å²) in [4.78, 5) is 27.9. The average molecular weight is 489 g/mol. The number of nitrogens with two attached hydrogens (primary N) is 2. The fourth-order valence-corrected chi connectivity index (χ4v) is 4.77. The summed E-state index contributed by atoms with van der Waals surface area (Å²) >= 11 is 0. The van der Waals surface area contributed by atoms with Gasteiger partial charge in [-0.3, -0.25) is 9.59 Å². The molecule has 1 fully saturated rings. The number of carbonyl (C=O) groups is 2. The van der Waals surface area contributed by atoms with Crippen LogP contribution in [0.25, 0.3) is 10.8 Å². The third-order valence-corrected chi connectivity index (χ3v) is 6.87. The maximum atomic E-state index is 13.4. The van der Waals surface area contributed by atoms with E-state index in [9.17, 15) is 9.59 Å². The third-order valence-electron chi connectivity index (χ3n) is 6.87. The number of carbonyl (C=O) groups excluding carboxylic acids is 2. The van der Waals surface area contributed by atoms with Crippen LogP contribution < -0.4 is 16.8 Å². The summed E-state index contributed by atoms with van der Waals surface area (Å²) in [5.41, 5.74) is 13.8. The van der Waals surface area contributed by atoms with Gasteiger partial charge in [-0.15, -0.1) is 0 Å². The monoisotopic (exact) mass is 488 g/mol. The Morgan fingerprint density at radius 2 is 1.67 bits per heavy atom. The predicted octanol–water partition coefficient (Wildman–Crippen LogP) is 2.92. The van der Waals surface area contributed by atoms with Crippen LogP contribution in [0.5, 0.6) is 0 Å². The highest BCUT2D eigenvalue weighted by atomic mass is 16.5. The summed E-state index contributed by atoms with van der Waals surface area (Å²) in [5, 5.41) is 5.12. The minimum Gasteiger partial charge on any atom is -0.374 e. The van der Waals surface area contributed by atoms with Gasteiger partial charge in [0.05, 0.1) is 19.3 Å². The molecule has 0 spiro atoms. The molecule has 3 aromatic rings. The molecule has 190 valence electrons. The lowest BCUT2D eigenvalue weighted by molar-refractivity contribution is -0.139. The van der Waals surface area contributed by atoms with Crippen molar-refractivity contribution in [2.24, 2.45) is 11.5 Å². The maximum Gasteiger partial charge on any atom is 0.247 e. The number of hydrogen-bond donors (Lipinski definition) is 3. The predicted molar refractivity (Wildman–Crippen MR) is 142 cm³/mol. The summed E-state index contributed by atoms with van der Waals surface area (Å²) < 4.78 is 5.95. The van der Waals surface area contributed by atoms with E-state index in [0.29, 0.717) is 38.6 Å². The molecular formula is C29H36N4O3. The van der Waals surface area contributed by atoms with Crippen LogP contribution in [0.15, 0.2) is 72.8 Å². The Kier molecular flexibility index (Phi) is 9.06. The zero-order chi connectivity index (χ0) is 25.3. The number of rotatable bonds is 10. The van der Waals surface area contributed by atoms with E-state index >= 15 is 0 Å². The minimum atomic E-state index is -0.796. The highest BCUT2D eigenvalue weighted by molar-refractivity contribution is 5.90. The molecule has 0 aliphatic carbocycles. The Labute approximate surface area is 212 Å². The first-order chi connectivity index (χ1) is 17.5. The van der Waals surface area contributed by atoms with Gasteiger partial charge in [0.25, 0.3) is 0 Å². The van der Waals surface area contributed by atoms with Gasteiger partial charge in [0, 0.05) is 13.1 Å². The number of benzene rings is 3. The summed E-state index contributed by atoms with van der Waals surface area (Å²) in [6.07, 6.45) is 2.13. The Morgan fingerprint density at radius 1 is 0.972 bits per heavy atom. The number of piperidine rings is 1. The SMILES string of the molecule is NCCC(N)C(=O)N[C@@H](COCc1ccc2ccccc2c1)C(=O)N1CCC(c2ccccc2)CC1. The standard InChI is InChI=1S/C29H36N4O3/c30-15-12-26(31)28(34)32-27(20-36-19-21-10-11-23-8-4-5-9-25(23)18-21)29(35)33-16-13-24(14-17-33)22-6-2-1-3-7-22/h1-11,18,24,26-27H,12-17,19-20,30-31H2,(H,32,34)/t26?,27-/m0/s1. The largest absolute Gasteiger partial charge is 0.374 e. The Hall–Kier alpha value is -3.26. The molecule has 2 amide bonds. The molecule has 0 bridgehead atoms. The molecule has 1 saturated heterocycles. The zero-order valence-corrected chi connectivity index (χ0v) is 20.6. The fourth-order valence-electron chi connectivity index (χ4n) is 4.77. The highest BCUT2D eigenvalue weighted by Crippen LogP contribution is 2.28. The summed E-state index contributed by atoms with van der Waals surface area (Å²) in [7, 11) is 0. The molecule has 4 rings (SSSR count). The van der Waals surface area contributed by atoms with E-state index in [1.165, 1.54) is 5.56 Å². The average Bonchev–Trinajstić information content (AvgIpc) is 2.92. The van der Waals surface area contributed by atoms with Gasteiger partial charge in [0.1, 0.15) is 6.04 Å². The first-order valence-corrected chi connectivity index (χ1v) is 12.7. The molecule has 1 aliphatic heterocycles. The first kappa shape index (κ1) is 25.8. The van der Waals surface area contributed by atoms with E-state index in [1.807, 2.05) is 29.2 Å². The molecule has 5 N–H and O–H groups in total. The Balaban J connectivity index is 1.38.